The second-order valence-corrected chi connectivity index (χ2v) is 20.7. The summed E-state index contributed by atoms with van der Waals surface area (Å²) in [7, 11) is -31.9. The van der Waals surface area contributed by atoms with E-state index in [2.05, 4.69) is 0 Å². The van der Waals surface area contributed by atoms with Gasteiger partial charge in [0, 0.05) is 52.4 Å². The van der Waals surface area contributed by atoms with Crippen molar-refractivity contribution in [3.8, 4) is 0 Å². The van der Waals surface area contributed by atoms with Gasteiger partial charge in [0.1, 0.15) is 0 Å². The molecule has 0 aromatic rings. The predicted octanol–water partition coefficient (Wildman–Crippen LogP) is -23.4. The van der Waals surface area contributed by atoms with Crippen LogP contribution < -0.4 is 251 Å². The van der Waals surface area contributed by atoms with Crippen molar-refractivity contribution in [2.75, 3.05) is 98.4 Å². The summed E-state index contributed by atoms with van der Waals surface area (Å²) in [5.74, 6) is -3.50. The molecule has 0 aromatic carbocycles. The summed E-state index contributed by atoms with van der Waals surface area (Å²) in [5, 5.41) is 0. The Kier molecular flexibility index (Phi) is 93.7. The molecule has 0 atom stereocenters. The molecule has 0 rings (SSSR count). The quantitative estimate of drug-likeness (QED) is 0.0507. The Labute approximate surface area is 542 Å². The maximum absolute atomic E-state index is 9.71. The van der Waals surface area contributed by atoms with E-state index in [1.165, 1.54) is 0 Å². The van der Waals surface area contributed by atoms with Crippen molar-refractivity contribution in [1.82, 2.24) is 0 Å². The van der Waals surface area contributed by atoms with Gasteiger partial charge in [0.25, 0.3) is 20.2 Å². The predicted molar refractivity (Wildman–Crippen MR) is 193 cm³/mol. The molecule has 0 aliphatic carbocycles. The van der Waals surface area contributed by atoms with Gasteiger partial charge in [-0.05, 0) is 0 Å². The standard InChI is InChI=1S/8C2H7NO3S.4K.Zn/c8*3-1-2-7(4,5)6;;;;;/h8*1-3H2,(H,4,5,6);;;;;/q;;;;;;;;4*+1;+2/p-6. The fourth-order valence-electron chi connectivity index (χ4n) is 1.16. The molecule has 0 aliphatic heterocycles. The first-order valence-corrected chi connectivity index (χ1v) is 26.3. The monoisotopic (exact) mass is 1210 g/mol. The summed E-state index contributed by atoms with van der Waals surface area (Å²) >= 11 is 0. The minimum absolute atomic E-state index is 0. The first-order chi connectivity index (χ1) is 24.5. The van der Waals surface area contributed by atoms with E-state index >= 15 is 0 Å². The summed E-state index contributed by atoms with van der Waals surface area (Å²) in [6, 6.07) is 0. The maximum atomic E-state index is 9.71. The van der Waals surface area contributed by atoms with Crippen LogP contribution in [0.5, 0.6) is 0 Å². The zero-order valence-electron chi connectivity index (χ0n) is 33.8. The molecular weight excluding hydrogens is 1170 g/mol. The van der Waals surface area contributed by atoms with Gasteiger partial charge in [-0.15, -0.1) is 0 Å². The molecule has 0 heterocycles. The maximum Gasteiger partial charge on any atom is 2.00 e. The van der Waals surface area contributed by atoms with Gasteiger partial charge in [0.15, 0.2) is 0 Å². The minimum atomic E-state index is -4.05. The summed E-state index contributed by atoms with van der Waals surface area (Å²) in [6.45, 7) is -0.606. The number of hydrogen-bond donors (Lipinski definition) is 10. The van der Waals surface area contributed by atoms with Crippen LogP contribution in [0, 0.1) is 0 Å². The zero-order valence-corrected chi connectivity index (χ0v) is 55.8. The SMILES string of the molecule is NCCS(=O)(=O)O.NCCS(=O)(=O)O.NCCS(=O)(=O)[O-].NCCS(=O)(=O)[O-].NCCS(=O)(=O)[O-].NCCS(=O)(=O)[O-].NCCS(=O)(=O)[O-].NCCS(=O)(=O)[O-].[K+].[K+].[K+].[K+].[Zn+2]. The van der Waals surface area contributed by atoms with E-state index < -0.39 is 115 Å². The topological polar surface area (TPSA) is 660 Å². The van der Waals surface area contributed by atoms with Crippen molar-refractivity contribution < 1.29 is 329 Å². The average molecular weight is 1220 g/mol. The minimum Gasteiger partial charge on any atom is -0.748 e. The summed E-state index contributed by atoms with van der Waals surface area (Å²) in [4.78, 5) is 0. The fourth-order valence-corrected chi connectivity index (χ4v) is 3.49. The van der Waals surface area contributed by atoms with Gasteiger partial charge in [-0.3, -0.25) is 9.11 Å². The second kappa shape index (κ2) is 57.0. The normalized spacial score (nSPS) is 10.8. The van der Waals surface area contributed by atoms with Crippen LogP contribution in [0.25, 0.3) is 0 Å². The summed E-state index contributed by atoms with van der Waals surface area (Å²) < 4.78 is 227. The Morgan fingerprint density at radius 3 is 0.344 bits per heavy atom. The molecular formula is C16H50K4N8O24S8Zn. The van der Waals surface area contributed by atoms with Crippen LogP contribution in [-0.2, 0) is 100 Å². The summed E-state index contributed by atoms with van der Waals surface area (Å²) in [5.41, 5.74) is 38.0. The second-order valence-electron chi connectivity index (χ2n) is 8.45. The van der Waals surface area contributed by atoms with E-state index in [-0.39, 0.29) is 289 Å². The van der Waals surface area contributed by atoms with E-state index in [4.69, 9.17) is 55.0 Å². The van der Waals surface area contributed by atoms with Gasteiger partial charge in [0.05, 0.1) is 107 Å². The molecule has 0 saturated heterocycles. The van der Waals surface area contributed by atoms with Crippen molar-refractivity contribution >= 4 is 80.9 Å². The Bertz CT molecular complexity index is 1440. The van der Waals surface area contributed by atoms with Crippen molar-refractivity contribution in [2.45, 2.75) is 0 Å². The van der Waals surface area contributed by atoms with E-state index in [0.717, 1.165) is 0 Å². The third-order valence-electron chi connectivity index (χ3n) is 2.96. The third-order valence-corrected chi connectivity index (χ3v) is 8.88. The molecule has 61 heavy (non-hydrogen) atoms. The third kappa shape index (κ3) is 187. The van der Waals surface area contributed by atoms with Gasteiger partial charge in [0.2, 0.25) is 0 Å². The first-order valence-electron chi connectivity index (χ1n) is 13.6. The zero-order chi connectivity index (χ0) is 47.3. The van der Waals surface area contributed by atoms with Gasteiger partial charge < -0.3 is 73.2 Å². The van der Waals surface area contributed by atoms with Gasteiger partial charge in [-0.1, -0.05) is 0 Å². The smallest absolute Gasteiger partial charge is 0.748 e. The van der Waals surface area contributed by atoms with Gasteiger partial charge >= 0.3 is 225 Å². The fraction of sp³-hybridized carbons (Fsp3) is 1.00. The molecule has 0 radical (unpaired) electrons. The Morgan fingerprint density at radius 1 is 0.262 bits per heavy atom. The number of hydrogen-bond acceptors (Lipinski definition) is 30. The average Bonchev–Trinajstić information content (AvgIpc) is 2.86. The molecule has 0 bridgehead atoms. The van der Waals surface area contributed by atoms with Crippen LogP contribution >= 0.6 is 0 Å². The van der Waals surface area contributed by atoms with Crippen LogP contribution in [0.4, 0.5) is 0 Å². The van der Waals surface area contributed by atoms with Crippen LogP contribution in [0.3, 0.4) is 0 Å². The number of rotatable bonds is 16. The molecule has 0 spiro atoms. The molecule has 0 saturated carbocycles. The van der Waals surface area contributed by atoms with E-state index in [0.29, 0.717) is 0 Å². The molecule has 0 unspecified atom stereocenters. The molecule has 0 aliphatic rings. The number of nitrogens with two attached hydrogens (primary N) is 8. The van der Waals surface area contributed by atoms with Crippen molar-refractivity contribution in [1.29, 1.82) is 0 Å². The van der Waals surface area contributed by atoms with Crippen molar-refractivity contribution in [2.24, 2.45) is 45.9 Å². The first kappa shape index (κ1) is 100. The molecule has 0 fully saturated rings. The van der Waals surface area contributed by atoms with Gasteiger partial charge in [-0.25, -0.2) is 50.5 Å². The molecule has 0 aromatic heterocycles. The van der Waals surface area contributed by atoms with E-state index in [1.807, 2.05) is 0 Å². The molecule has 32 nitrogen and oxygen atoms in total. The Morgan fingerprint density at radius 2 is 0.344 bits per heavy atom. The molecule has 352 valence electrons. The van der Waals surface area contributed by atoms with Crippen LogP contribution in [0.15, 0.2) is 0 Å². The largest absolute Gasteiger partial charge is 2.00 e. The molecule has 45 heteroatoms. The van der Waals surface area contributed by atoms with Gasteiger partial charge in [-0.2, -0.15) is 16.8 Å². The van der Waals surface area contributed by atoms with E-state index in [1.54, 1.807) is 0 Å². The molecule has 0 amide bonds. The Hall–Kier alpha value is 6.13. The van der Waals surface area contributed by atoms with Crippen LogP contribution in [-0.4, -0.2) is 202 Å². The Balaban J connectivity index is -0.0000000388. The van der Waals surface area contributed by atoms with E-state index in [9.17, 15) is 94.7 Å². The van der Waals surface area contributed by atoms with Crippen LogP contribution in [0.1, 0.15) is 0 Å². The van der Waals surface area contributed by atoms with Crippen molar-refractivity contribution in [3.05, 3.63) is 0 Å². The summed E-state index contributed by atoms with van der Waals surface area (Å²) in [6.07, 6.45) is 0. The molecule has 18 N–H and O–H groups in total. The van der Waals surface area contributed by atoms with Crippen molar-refractivity contribution in [3.63, 3.8) is 0 Å². The van der Waals surface area contributed by atoms with Crippen LogP contribution in [0.2, 0.25) is 0 Å².